The van der Waals surface area contributed by atoms with E-state index < -0.39 is 11.3 Å². The van der Waals surface area contributed by atoms with Crippen molar-refractivity contribution in [1.29, 1.82) is 0 Å². The van der Waals surface area contributed by atoms with Crippen molar-refractivity contribution in [3.8, 4) is 0 Å². The predicted octanol–water partition coefficient (Wildman–Crippen LogP) is 2.51. The number of rotatable bonds is 1. The van der Waals surface area contributed by atoms with Gasteiger partial charge in [0.1, 0.15) is 16.6 Å². The molecule has 1 aromatic heterocycles. The molecular weight excluding hydrogens is 344 g/mol. The number of nitrogens with one attached hydrogen (secondary N) is 1. The first kappa shape index (κ1) is 18.0. The van der Waals surface area contributed by atoms with E-state index in [1.54, 1.807) is 6.07 Å². The minimum absolute atomic E-state index is 0.222. The highest BCUT2D eigenvalue weighted by Gasteiger charge is 2.38. The Hall–Kier alpha value is -1.76. The zero-order valence-electron chi connectivity index (χ0n) is 14.9. The second-order valence-corrected chi connectivity index (χ2v) is 8.27. The number of hydrogen-bond donors (Lipinski definition) is 1. The Bertz CT molecular complexity index is 684. The zero-order chi connectivity index (χ0) is 18.2. The number of amides is 1. The Labute approximate surface area is 152 Å². The van der Waals surface area contributed by atoms with Crippen LogP contribution in [0.15, 0.2) is 10.9 Å². The first-order valence-electron chi connectivity index (χ1n) is 8.71. The average Bonchev–Trinajstić information content (AvgIpc) is 2.78. The summed E-state index contributed by atoms with van der Waals surface area (Å²) in [5.74, 6) is 1.53. The average molecular weight is 369 g/mol. The van der Waals surface area contributed by atoms with E-state index in [1.807, 2.05) is 25.7 Å². The lowest BCUT2D eigenvalue weighted by atomic mass is 9.92. The number of fused-ring (bicyclic) bond motifs is 1. The number of H-pyrrole nitrogens is 1. The van der Waals surface area contributed by atoms with E-state index >= 15 is 0 Å². The molecule has 1 N–H and O–H groups in total. The molecule has 1 aromatic rings. The summed E-state index contributed by atoms with van der Waals surface area (Å²) in [6.45, 7) is 8.73. The second kappa shape index (κ2) is 6.86. The fraction of sp³-hybridized carbons (Fsp3) is 0.706. The van der Waals surface area contributed by atoms with E-state index in [4.69, 9.17) is 16.3 Å². The molecule has 0 unspecified atom stereocenters. The maximum Gasteiger partial charge on any atom is 0.410 e. The van der Waals surface area contributed by atoms with Crippen LogP contribution in [0.1, 0.15) is 33.6 Å². The quantitative estimate of drug-likeness (QED) is 0.770. The number of carbonyl (C=O) groups excluding carboxylic acids is 1. The number of halogens is 1. The van der Waals surface area contributed by atoms with E-state index in [0.29, 0.717) is 22.8 Å². The van der Waals surface area contributed by atoms with Gasteiger partial charge in [-0.15, -0.1) is 0 Å². The summed E-state index contributed by atoms with van der Waals surface area (Å²) in [7, 11) is 0. The van der Waals surface area contributed by atoms with Crippen molar-refractivity contribution in [3.05, 3.63) is 21.7 Å². The Morgan fingerprint density at radius 2 is 1.88 bits per heavy atom. The monoisotopic (exact) mass is 368 g/mol. The highest BCUT2D eigenvalue weighted by molar-refractivity contribution is 6.29. The van der Waals surface area contributed by atoms with Crippen LogP contribution in [0.5, 0.6) is 0 Å². The maximum atomic E-state index is 12.3. The van der Waals surface area contributed by atoms with Crippen molar-refractivity contribution in [2.24, 2.45) is 11.8 Å². The number of aromatic amines is 1. The third kappa shape index (κ3) is 4.45. The molecule has 25 heavy (non-hydrogen) atoms. The maximum absolute atomic E-state index is 12.3. The molecule has 2 saturated heterocycles. The van der Waals surface area contributed by atoms with Crippen molar-refractivity contribution < 1.29 is 9.53 Å². The topological polar surface area (TPSA) is 78.5 Å². The molecule has 2 atom stereocenters. The highest BCUT2D eigenvalue weighted by Crippen LogP contribution is 2.33. The van der Waals surface area contributed by atoms with Gasteiger partial charge in [0, 0.05) is 32.2 Å². The van der Waals surface area contributed by atoms with E-state index in [9.17, 15) is 9.59 Å². The lowest BCUT2D eigenvalue weighted by Crippen LogP contribution is -2.36. The number of ether oxygens (including phenoxy) is 1. The van der Waals surface area contributed by atoms with Gasteiger partial charge < -0.3 is 14.5 Å². The van der Waals surface area contributed by atoms with Gasteiger partial charge in [-0.25, -0.2) is 9.59 Å². The van der Waals surface area contributed by atoms with E-state index in [-0.39, 0.29) is 6.09 Å². The normalized spacial score (nSPS) is 24.0. The summed E-state index contributed by atoms with van der Waals surface area (Å²) in [5, 5.41) is 0.301. The number of anilines is 1. The summed E-state index contributed by atoms with van der Waals surface area (Å²) >= 11 is 5.93. The highest BCUT2D eigenvalue weighted by atomic mass is 35.5. The molecule has 7 nitrogen and oxygen atoms in total. The molecule has 0 aromatic carbocycles. The summed E-state index contributed by atoms with van der Waals surface area (Å²) in [6.07, 6.45) is 1.69. The standard InChI is InChI=1S/C17H25ClN4O3/c1-17(2,3)25-16(24)22-9-11-4-6-21(7-5-12(11)10-22)14-8-13(18)19-15(23)20-14/h8,11-12H,4-7,9-10H2,1-3H3,(H,19,20,23)/t11-,12+. The summed E-state index contributed by atoms with van der Waals surface area (Å²) < 4.78 is 5.49. The van der Waals surface area contributed by atoms with E-state index in [1.165, 1.54) is 0 Å². The molecule has 0 bridgehead atoms. The Balaban J connectivity index is 1.62. The van der Waals surface area contributed by atoms with Crippen LogP contribution >= 0.6 is 11.6 Å². The smallest absolute Gasteiger partial charge is 0.410 e. The minimum atomic E-state index is -0.468. The van der Waals surface area contributed by atoms with E-state index in [2.05, 4.69) is 14.9 Å². The van der Waals surface area contributed by atoms with Crippen LogP contribution in [-0.4, -0.2) is 52.7 Å². The van der Waals surface area contributed by atoms with E-state index in [0.717, 1.165) is 39.0 Å². The van der Waals surface area contributed by atoms with Crippen LogP contribution < -0.4 is 10.6 Å². The van der Waals surface area contributed by atoms with Gasteiger partial charge in [0.2, 0.25) is 0 Å². The van der Waals surface area contributed by atoms with Gasteiger partial charge >= 0.3 is 11.8 Å². The third-order valence-electron chi connectivity index (χ3n) is 4.79. The molecule has 3 heterocycles. The van der Waals surface area contributed by atoms with Crippen molar-refractivity contribution in [2.75, 3.05) is 31.1 Å². The first-order chi connectivity index (χ1) is 11.7. The number of hydrogen-bond acceptors (Lipinski definition) is 5. The number of aromatic nitrogens is 2. The molecule has 0 saturated carbocycles. The third-order valence-corrected chi connectivity index (χ3v) is 4.99. The number of likely N-dealkylation sites (tertiary alicyclic amines) is 1. The summed E-state index contributed by atoms with van der Waals surface area (Å²) in [4.78, 5) is 34.2. The molecule has 2 aliphatic heterocycles. The molecule has 1 amide bonds. The Morgan fingerprint density at radius 3 is 2.40 bits per heavy atom. The molecule has 2 aliphatic rings. The van der Waals surface area contributed by atoms with Crippen LogP contribution in [-0.2, 0) is 4.74 Å². The largest absolute Gasteiger partial charge is 0.444 e. The molecule has 8 heteroatoms. The number of carbonyl (C=O) groups is 1. The van der Waals surface area contributed by atoms with Crippen molar-refractivity contribution in [2.45, 2.75) is 39.2 Å². The number of nitrogens with zero attached hydrogens (tertiary/aromatic N) is 3. The molecule has 0 radical (unpaired) electrons. The summed E-state index contributed by atoms with van der Waals surface area (Å²) in [5.41, 5.74) is -0.896. The molecule has 0 spiro atoms. The van der Waals surface area contributed by atoms with Crippen LogP contribution in [0.25, 0.3) is 0 Å². The fourth-order valence-electron chi connectivity index (χ4n) is 3.63. The fourth-order valence-corrected chi connectivity index (χ4v) is 3.81. The zero-order valence-corrected chi connectivity index (χ0v) is 15.7. The lowest BCUT2D eigenvalue weighted by molar-refractivity contribution is 0.0283. The first-order valence-corrected chi connectivity index (χ1v) is 9.09. The lowest BCUT2D eigenvalue weighted by Gasteiger charge is -2.25. The Kier molecular flexibility index (Phi) is 4.95. The van der Waals surface area contributed by atoms with Crippen molar-refractivity contribution in [1.82, 2.24) is 14.9 Å². The summed E-state index contributed by atoms with van der Waals surface area (Å²) in [6, 6.07) is 1.69. The van der Waals surface area contributed by atoms with Crippen molar-refractivity contribution >= 4 is 23.5 Å². The van der Waals surface area contributed by atoms with Gasteiger partial charge in [0.25, 0.3) is 0 Å². The van der Waals surface area contributed by atoms with Crippen LogP contribution in [0.4, 0.5) is 10.6 Å². The molecule has 3 rings (SSSR count). The SMILES string of the molecule is CC(C)(C)OC(=O)N1C[C@H]2CCN(c3cc(Cl)[nH]c(=O)n3)CC[C@H]2C1. The predicted molar refractivity (Wildman–Crippen MR) is 96.1 cm³/mol. The molecule has 2 fully saturated rings. The van der Waals surface area contributed by atoms with Gasteiger partial charge in [-0.1, -0.05) is 11.6 Å². The van der Waals surface area contributed by atoms with Gasteiger partial charge in [0.15, 0.2) is 0 Å². The van der Waals surface area contributed by atoms with Gasteiger partial charge in [-0.3, -0.25) is 4.98 Å². The molecular formula is C17H25ClN4O3. The molecule has 0 aliphatic carbocycles. The van der Waals surface area contributed by atoms with Crippen LogP contribution in [0.2, 0.25) is 5.15 Å². The Morgan fingerprint density at radius 1 is 1.28 bits per heavy atom. The minimum Gasteiger partial charge on any atom is -0.444 e. The van der Waals surface area contributed by atoms with Gasteiger partial charge in [-0.05, 0) is 45.4 Å². The van der Waals surface area contributed by atoms with Crippen LogP contribution in [0.3, 0.4) is 0 Å². The second-order valence-electron chi connectivity index (χ2n) is 7.86. The molecule has 138 valence electrons. The van der Waals surface area contributed by atoms with Gasteiger partial charge in [-0.2, -0.15) is 4.98 Å². The van der Waals surface area contributed by atoms with Crippen molar-refractivity contribution in [3.63, 3.8) is 0 Å². The van der Waals surface area contributed by atoms with Gasteiger partial charge in [0.05, 0.1) is 0 Å². The van der Waals surface area contributed by atoms with Crippen LogP contribution in [0, 0.1) is 11.8 Å².